The number of carbonyl (C=O) groups is 1. The lowest BCUT2D eigenvalue weighted by atomic mass is 9.79. The number of aryl methyl sites for hydroxylation is 2. The maximum atomic E-state index is 12.8. The molecule has 0 saturated heterocycles. The molecule has 2 aromatic heterocycles. The second-order valence-electron chi connectivity index (χ2n) is 7.30. The summed E-state index contributed by atoms with van der Waals surface area (Å²) in [5, 5.41) is 8.35. The van der Waals surface area contributed by atoms with Gasteiger partial charge in [0.2, 0.25) is 0 Å². The molecule has 2 N–H and O–H groups in total. The first-order valence-electron chi connectivity index (χ1n) is 9.32. The van der Waals surface area contributed by atoms with Gasteiger partial charge in [-0.25, -0.2) is 9.67 Å². The zero-order valence-electron chi connectivity index (χ0n) is 15.4. The van der Waals surface area contributed by atoms with E-state index in [0.29, 0.717) is 6.42 Å². The van der Waals surface area contributed by atoms with E-state index in [1.165, 1.54) is 5.56 Å². The summed E-state index contributed by atoms with van der Waals surface area (Å²) >= 11 is 0. The third-order valence-corrected chi connectivity index (χ3v) is 5.48. The van der Waals surface area contributed by atoms with Gasteiger partial charge in [-0.15, -0.1) is 0 Å². The van der Waals surface area contributed by atoms with E-state index in [4.69, 9.17) is 5.10 Å². The van der Waals surface area contributed by atoms with E-state index >= 15 is 0 Å². The van der Waals surface area contributed by atoms with Crippen molar-refractivity contribution in [1.29, 1.82) is 0 Å². The first-order valence-corrected chi connectivity index (χ1v) is 9.32. The lowest BCUT2D eigenvalue weighted by Gasteiger charge is -2.31. The molecule has 1 aromatic carbocycles. The Morgan fingerprint density at radius 1 is 1.15 bits per heavy atom. The van der Waals surface area contributed by atoms with Crippen LogP contribution in [0.3, 0.4) is 0 Å². The van der Waals surface area contributed by atoms with Gasteiger partial charge in [0, 0.05) is 35.6 Å². The second-order valence-corrected chi connectivity index (χ2v) is 7.30. The lowest BCUT2D eigenvalue weighted by molar-refractivity contribution is -0.116. The van der Waals surface area contributed by atoms with Crippen molar-refractivity contribution in [2.24, 2.45) is 0 Å². The molecule has 3 heterocycles. The van der Waals surface area contributed by atoms with Crippen molar-refractivity contribution in [3.63, 3.8) is 0 Å². The fraction of sp³-hybridized carbons (Fsp3) is 0.286. The maximum Gasteiger partial charge on any atom is 0.161 e. The van der Waals surface area contributed by atoms with Gasteiger partial charge in [-0.05, 0) is 38.8 Å². The Bertz CT molecular complexity index is 1060. The van der Waals surface area contributed by atoms with Crippen molar-refractivity contribution >= 4 is 11.6 Å². The quantitative estimate of drug-likeness (QED) is 0.730. The molecule has 0 bridgehead atoms. The van der Waals surface area contributed by atoms with Crippen LogP contribution in [-0.4, -0.2) is 25.5 Å². The van der Waals surface area contributed by atoms with Crippen LogP contribution in [0.1, 0.15) is 47.8 Å². The molecular weight excluding hydrogens is 338 g/mol. The van der Waals surface area contributed by atoms with Crippen LogP contribution in [0.25, 0.3) is 5.69 Å². The number of nitrogens with one attached hydrogen (secondary N) is 2. The predicted molar refractivity (Wildman–Crippen MR) is 103 cm³/mol. The summed E-state index contributed by atoms with van der Waals surface area (Å²) in [4.78, 5) is 20.5. The number of H-pyrrole nitrogens is 1. The number of hydrogen-bond acceptors (Lipinski definition) is 4. The zero-order chi connectivity index (χ0) is 18.5. The van der Waals surface area contributed by atoms with Gasteiger partial charge in [0.05, 0.1) is 17.3 Å². The standard InChI is InChI=1S/C21H21N5O/c1-12-6-8-14(9-7-12)26-21-17(13(2)25-26)19(20-22-10-11-23-20)18-15(24-21)4-3-5-16(18)27/h6-11,19,24H,3-5H2,1-2H3,(H,22,23). The normalized spacial score (nSPS) is 18.9. The molecule has 2 aliphatic rings. The Hall–Kier alpha value is -3.15. The van der Waals surface area contributed by atoms with E-state index in [0.717, 1.165) is 52.7 Å². The number of hydrogen-bond donors (Lipinski definition) is 2. The molecule has 6 heteroatoms. The van der Waals surface area contributed by atoms with Gasteiger partial charge in [0.25, 0.3) is 0 Å². The van der Waals surface area contributed by atoms with E-state index in [2.05, 4.69) is 46.5 Å². The number of Topliss-reactive ketones (excluding diaryl/α,β-unsaturated/α-hetero) is 1. The van der Waals surface area contributed by atoms with Crippen LogP contribution in [0, 0.1) is 13.8 Å². The number of fused-ring (bicyclic) bond motifs is 1. The van der Waals surface area contributed by atoms with Crippen LogP contribution in [0.5, 0.6) is 0 Å². The van der Waals surface area contributed by atoms with Crippen LogP contribution in [0.15, 0.2) is 47.9 Å². The highest BCUT2D eigenvalue weighted by molar-refractivity contribution is 6.00. The van der Waals surface area contributed by atoms with Crippen LogP contribution < -0.4 is 5.32 Å². The van der Waals surface area contributed by atoms with Gasteiger partial charge in [-0.3, -0.25) is 4.79 Å². The average Bonchev–Trinajstić information content (AvgIpc) is 3.30. The highest BCUT2D eigenvalue weighted by atomic mass is 16.1. The van der Waals surface area contributed by atoms with Gasteiger partial charge in [-0.1, -0.05) is 17.7 Å². The maximum absolute atomic E-state index is 12.8. The molecule has 1 atom stereocenters. The fourth-order valence-electron chi connectivity index (χ4n) is 4.20. The summed E-state index contributed by atoms with van der Waals surface area (Å²) in [7, 11) is 0. The second kappa shape index (κ2) is 5.94. The molecule has 0 amide bonds. The third kappa shape index (κ3) is 2.44. The number of carbonyl (C=O) groups excluding carboxylic acids is 1. The van der Waals surface area contributed by atoms with Crippen LogP contribution in [0.2, 0.25) is 0 Å². The predicted octanol–water partition coefficient (Wildman–Crippen LogP) is 3.78. The number of nitrogens with zero attached hydrogens (tertiary/aromatic N) is 3. The summed E-state index contributed by atoms with van der Waals surface area (Å²) in [6, 6.07) is 8.31. The number of rotatable bonds is 2. The molecule has 0 saturated carbocycles. The van der Waals surface area contributed by atoms with E-state index in [-0.39, 0.29) is 11.7 Å². The minimum absolute atomic E-state index is 0.196. The van der Waals surface area contributed by atoms with Crippen molar-refractivity contribution in [3.8, 4) is 5.69 Å². The number of anilines is 1. The molecule has 0 fully saturated rings. The summed E-state index contributed by atoms with van der Waals surface area (Å²) in [6.45, 7) is 4.07. The van der Waals surface area contributed by atoms with Crippen molar-refractivity contribution in [3.05, 3.63) is 70.6 Å². The van der Waals surface area contributed by atoms with Gasteiger partial charge in [0.15, 0.2) is 5.78 Å². The Balaban J connectivity index is 1.74. The first-order chi connectivity index (χ1) is 13.1. The van der Waals surface area contributed by atoms with Gasteiger partial charge in [0.1, 0.15) is 11.6 Å². The summed E-state index contributed by atoms with van der Waals surface area (Å²) < 4.78 is 1.95. The largest absolute Gasteiger partial charge is 0.348 e. The number of aromatic nitrogens is 4. The van der Waals surface area contributed by atoms with Crippen molar-refractivity contribution < 1.29 is 4.79 Å². The van der Waals surface area contributed by atoms with E-state index in [1.54, 1.807) is 6.20 Å². The molecule has 1 aliphatic carbocycles. The van der Waals surface area contributed by atoms with Crippen LogP contribution in [0.4, 0.5) is 5.82 Å². The van der Waals surface area contributed by atoms with Gasteiger partial charge >= 0.3 is 0 Å². The number of ketones is 1. The molecule has 5 rings (SSSR count). The minimum atomic E-state index is -0.196. The topological polar surface area (TPSA) is 75.6 Å². The van der Waals surface area contributed by atoms with Crippen molar-refractivity contribution in [1.82, 2.24) is 19.7 Å². The highest BCUT2D eigenvalue weighted by Crippen LogP contribution is 2.46. The third-order valence-electron chi connectivity index (χ3n) is 5.48. The molecule has 6 nitrogen and oxygen atoms in total. The SMILES string of the molecule is Cc1ccc(-n2nc(C)c3c2NC2=C(C(=O)CCC2)C3c2ncc[nH]2)cc1. The van der Waals surface area contributed by atoms with Gasteiger partial charge in [-0.2, -0.15) is 5.10 Å². The summed E-state index contributed by atoms with van der Waals surface area (Å²) in [6.07, 6.45) is 5.89. The highest BCUT2D eigenvalue weighted by Gasteiger charge is 2.39. The van der Waals surface area contributed by atoms with Crippen LogP contribution in [-0.2, 0) is 4.79 Å². The minimum Gasteiger partial charge on any atom is -0.348 e. The Labute approximate surface area is 157 Å². The molecular formula is C21H21N5O. The van der Waals surface area contributed by atoms with E-state index < -0.39 is 0 Å². The molecule has 27 heavy (non-hydrogen) atoms. The van der Waals surface area contributed by atoms with E-state index in [9.17, 15) is 4.79 Å². The van der Waals surface area contributed by atoms with Crippen molar-refractivity contribution in [2.45, 2.75) is 39.0 Å². The molecule has 3 aromatic rings. The molecule has 0 radical (unpaired) electrons. The molecule has 0 spiro atoms. The summed E-state index contributed by atoms with van der Waals surface area (Å²) in [5.74, 6) is 1.75. The monoisotopic (exact) mass is 359 g/mol. The number of imidazole rings is 1. The van der Waals surface area contributed by atoms with Crippen molar-refractivity contribution in [2.75, 3.05) is 5.32 Å². The average molecular weight is 359 g/mol. The number of benzene rings is 1. The smallest absolute Gasteiger partial charge is 0.161 e. The Kier molecular flexibility index (Phi) is 3.53. The molecule has 136 valence electrons. The lowest BCUT2D eigenvalue weighted by Crippen LogP contribution is -2.28. The molecule has 1 unspecified atom stereocenters. The van der Waals surface area contributed by atoms with E-state index in [1.807, 2.05) is 17.8 Å². The number of aromatic amines is 1. The molecule has 1 aliphatic heterocycles. The summed E-state index contributed by atoms with van der Waals surface area (Å²) in [5.41, 5.74) is 6.00. The first kappa shape index (κ1) is 16.1. The Morgan fingerprint density at radius 2 is 1.96 bits per heavy atom. The van der Waals surface area contributed by atoms with Gasteiger partial charge < -0.3 is 10.3 Å². The Morgan fingerprint density at radius 3 is 2.70 bits per heavy atom. The fourth-order valence-corrected chi connectivity index (χ4v) is 4.20. The van der Waals surface area contributed by atoms with Crippen LogP contribution >= 0.6 is 0 Å². The zero-order valence-corrected chi connectivity index (χ0v) is 15.4. The number of allylic oxidation sites excluding steroid dienone is 2.